The van der Waals surface area contributed by atoms with Crippen LogP contribution >= 0.6 is 0 Å². The van der Waals surface area contributed by atoms with E-state index in [0.29, 0.717) is 17.2 Å². The van der Waals surface area contributed by atoms with Gasteiger partial charge in [-0.25, -0.2) is 0 Å². The van der Waals surface area contributed by atoms with Crippen molar-refractivity contribution in [2.24, 2.45) is 5.73 Å². The lowest BCUT2D eigenvalue weighted by atomic mass is 9.88. The molecule has 2 aliphatic rings. The van der Waals surface area contributed by atoms with Gasteiger partial charge in [0.05, 0.1) is 12.1 Å². The maximum atomic E-state index is 12.8. The average Bonchev–Trinajstić information content (AvgIpc) is 3.19. The number of hydrogen-bond acceptors (Lipinski definition) is 6. The second-order valence-corrected chi connectivity index (χ2v) is 6.40. The van der Waals surface area contributed by atoms with E-state index in [4.69, 9.17) is 15.2 Å². The standard InChI is InChI=1S/C19H16N2O6/c20-17(23)9-21-13-4-2-1-3-12(13)19(25,18(21)24)8-14(22)11-5-6-15-16(7-11)27-10-26-15/h1-7,25H,8-10H2,(H2,20,23). The van der Waals surface area contributed by atoms with Gasteiger partial charge in [-0.3, -0.25) is 19.3 Å². The highest BCUT2D eigenvalue weighted by Crippen LogP contribution is 2.43. The average molecular weight is 368 g/mol. The number of fused-ring (bicyclic) bond motifs is 2. The van der Waals surface area contributed by atoms with Crippen molar-refractivity contribution in [2.45, 2.75) is 12.0 Å². The number of carbonyl (C=O) groups is 3. The van der Waals surface area contributed by atoms with Crippen LogP contribution in [-0.2, 0) is 15.2 Å². The molecule has 0 bridgehead atoms. The van der Waals surface area contributed by atoms with Crippen LogP contribution in [0, 0.1) is 0 Å². The van der Waals surface area contributed by atoms with Gasteiger partial charge in [-0.2, -0.15) is 0 Å². The molecule has 2 aliphatic heterocycles. The zero-order chi connectivity index (χ0) is 19.2. The van der Waals surface area contributed by atoms with Crippen molar-refractivity contribution in [1.29, 1.82) is 0 Å². The molecular formula is C19H16N2O6. The number of Topliss-reactive ketones (excluding diaryl/α,β-unsaturated/α-hetero) is 1. The van der Waals surface area contributed by atoms with E-state index in [1.54, 1.807) is 36.4 Å². The summed E-state index contributed by atoms with van der Waals surface area (Å²) in [6.45, 7) is -0.304. The molecule has 2 aromatic rings. The van der Waals surface area contributed by atoms with E-state index in [2.05, 4.69) is 0 Å². The number of ether oxygens (including phenoxy) is 2. The van der Waals surface area contributed by atoms with Crippen molar-refractivity contribution < 1.29 is 29.0 Å². The predicted octanol–water partition coefficient (Wildman–Crippen LogP) is 0.708. The molecule has 8 heteroatoms. The number of para-hydroxylation sites is 1. The fourth-order valence-electron chi connectivity index (χ4n) is 3.39. The lowest BCUT2D eigenvalue weighted by molar-refractivity contribution is -0.136. The molecule has 8 nitrogen and oxygen atoms in total. The Morgan fingerprint density at radius 3 is 2.67 bits per heavy atom. The Hall–Kier alpha value is -3.39. The Labute approximate surface area is 154 Å². The molecule has 1 unspecified atom stereocenters. The van der Waals surface area contributed by atoms with Gasteiger partial charge in [-0.15, -0.1) is 0 Å². The summed E-state index contributed by atoms with van der Waals surface area (Å²) in [4.78, 5) is 38.0. The minimum atomic E-state index is -2.07. The first-order valence-corrected chi connectivity index (χ1v) is 8.25. The maximum Gasteiger partial charge on any atom is 0.264 e. The number of anilines is 1. The number of amides is 2. The molecule has 2 aromatic carbocycles. The highest BCUT2D eigenvalue weighted by Gasteiger charge is 2.51. The molecule has 138 valence electrons. The smallest absolute Gasteiger partial charge is 0.264 e. The molecule has 2 heterocycles. The number of nitrogens with two attached hydrogens (primary N) is 1. The van der Waals surface area contributed by atoms with Gasteiger partial charge in [0.25, 0.3) is 5.91 Å². The summed E-state index contributed by atoms with van der Waals surface area (Å²) in [5.74, 6) is -0.956. The molecule has 2 amide bonds. The summed E-state index contributed by atoms with van der Waals surface area (Å²) in [5.41, 5.74) is 4.06. The minimum Gasteiger partial charge on any atom is -0.454 e. The van der Waals surface area contributed by atoms with E-state index in [1.165, 1.54) is 6.07 Å². The molecule has 1 atom stereocenters. The number of aliphatic hydroxyl groups is 1. The van der Waals surface area contributed by atoms with Gasteiger partial charge in [0.1, 0.15) is 6.54 Å². The maximum absolute atomic E-state index is 12.8. The van der Waals surface area contributed by atoms with Crippen molar-refractivity contribution in [1.82, 2.24) is 0 Å². The van der Waals surface area contributed by atoms with Gasteiger partial charge in [0.15, 0.2) is 22.9 Å². The van der Waals surface area contributed by atoms with E-state index in [0.717, 1.165) is 4.90 Å². The Balaban J connectivity index is 1.67. The van der Waals surface area contributed by atoms with E-state index >= 15 is 0 Å². The highest BCUT2D eigenvalue weighted by atomic mass is 16.7. The lowest BCUT2D eigenvalue weighted by Crippen LogP contribution is -2.44. The van der Waals surface area contributed by atoms with E-state index in [-0.39, 0.29) is 24.5 Å². The van der Waals surface area contributed by atoms with Crippen LogP contribution in [0.3, 0.4) is 0 Å². The minimum absolute atomic E-state index is 0.0743. The van der Waals surface area contributed by atoms with Crippen LogP contribution in [0.15, 0.2) is 42.5 Å². The number of carbonyl (C=O) groups excluding carboxylic acids is 3. The second kappa shape index (κ2) is 6.10. The molecule has 27 heavy (non-hydrogen) atoms. The summed E-state index contributed by atoms with van der Waals surface area (Å²) < 4.78 is 10.5. The fourth-order valence-corrected chi connectivity index (χ4v) is 3.39. The van der Waals surface area contributed by atoms with E-state index < -0.39 is 29.6 Å². The van der Waals surface area contributed by atoms with Crippen LogP contribution in [0.5, 0.6) is 11.5 Å². The fraction of sp³-hybridized carbons (Fsp3) is 0.211. The third-order valence-electron chi connectivity index (χ3n) is 4.66. The quantitative estimate of drug-likeness (QED) is 0.750. The third-order valence-corrected chi connectivity index (χ3v) is 4.66. The molecule has 0 radical (unpaired) electrons. The summed E-state index contributed by atoms with van der Waals surface area (Å²) >= 11 is 0. The number of nitrogens with zero attached hydrogens (tertiary/aromatic N) is 1. The van der Waals surface area contributed by atoms with Crippen LogP contribution in [0.2, 0.25) is 0 Å². The van der Waals surface area contributed by atoms with Crippen molar-refractivity contribution in [3.05, 3.63) is 53.6 Å². The zero-order valence-corrected chi connectivity index (χ0v) is 14.2. The largest absolute Gasteiger partial charge is 0.454 e. The summed E-state index contributed by atoms with van der Waals surface area (Å²) in [6.07, 6.45) is -0.474. The van der Waals surface area contributed by atoms with Gasteiger partial charge in [0.2, 0.25) is 12.7 Å². The molecule has 0 aliphatic carbocycles. The first-order chi connectivity index (χ1) is 12.9. The number of hydrogen-bond donors (Lipinski definition) is 2. The van der Waals surface area contributed by atoms with Crippen molar-refractivity contribution in [3.8, 4) is 11.5 Å². The monoisotopic (exact) mass is 368 g/mol. The normalized spacial score (nSPS) is 19.9. The highest BCUT2D eigenvalue weighted by molar-refractivity contribution is 6.12. The van der Waals surface area contributed by atoms with Crippen molar-refractivity contribution >= 4 is 23.3 Å². The van der Waals surface area contributed by atoms with Gasteiger partial charge in [0, 0.05) is 11.1 Å². The molecular weight excluding hydrogens is 352 g/mol. The van der Waals surface area contributed by atoms with Gasteiger partial charge < -0.3 is 20.3 Å². The number of rotatable bonds is 5. The SMILES string of the molecule is NC(=O)CN1C(=O)C(O)(CC(=O)c2ccc3c(c2)OCO3)c2ccccc21. The van der Waals surface area contributed by atoms with Crippen molar-refractivity contribution in [2.75, 3.05) is 18.2 Å². The number of ketones is 1. The van der Waals surface area contributed by atoms with Crippen LogP contribution in [0.25, 0.3) is 0 Å². The molecule has 3 N–H and O–H groups in total. The third kappa shape index (κ3) is 2.70. The molecule has 4 rings (SSSR count). The van der Waals surface area contributed by atoms with Gasteiger partial charge in [-0.05, 0) is 24.3 Å². The van der Waals surface area contributed by atoms with Crippen LogP contribution in [0.1, 0.15) is 22.3 Å². The first-order valence-electron chi connectivity index (χ1n) is 8.25. The Bertz CT molecular complexity index is 972. The Kier molecular flexibility index (Phi) is 3.85. The number of benzene rings is 2. The van der Waals surface area contributed by atoms with E-state index in [9.17, 15) is 19.5 Å². The Morgan fingerprint density at radius 2 is 1.89 bits per heavy atom. The number of primary amides is 1. The topological polar surface area (TPSA) is 119 Å². The molecule has 0 saturated heterocycles. The lowest BCUT2D eigenvalue weighted by Gasteiger charge is -2.22. The van der Waals surface area contributed by atoms with E-state index in [1.807, 2.05) is 0 Å². The van der Waals surface area contributed by atoms with Crippen LogP contribution < -0.4 is 20.1 Å². The molecule has 0 saturated carbocycles. The van der Waals surface area contributed by atoms with Gasteiger partial charge in [-0.1, -0.05) is 18.2 Å². The predicted molar refractivity (Wildman–Crippen MR) is 93.4 cm³/mol. The summed E-state index contributed by atoms with van der Waals surface area (Å²) in [7, 11) is 0. The molecule has 0 aromatic heterocycles. The first kappa shape index (κ1) is 17.0. The van der Waals surface area contributed by atoms with Crippen LogP contribution in [-0.4, -0.2) is 36.0 Å². The Morgan fingerprint density at radius 1 is 1.15 bits per heavy atom. The summed E-state index contributed by atoms with van der Waals surface area (Å²) in [5, 5.41) is 11.1. The van der Waals surface area contributed by atoms with Crippen molar-refractivity contribution in [3.63, 3.8) is 0 Å². The van der Waals surface area contributed by atoms with Crippen LogP contribution in [0.4, 0.5) is 5.69 Å². The van der Waals surface area contributed by atoms with Gasteiger partial charge >= 0.3 is 0 Å². The summed E-state index contributed by atoms with van der Waals surface area (Å²) in [6, 6.07) is 11.1. The second-order valence-electron chi connectivity index (χ2n) is 6.40. The molecule has 0 fully saturated rings. The zero-order valence-electron chi connectivity index (χ0n) is 14.2. The molecule has 0 spiro atoms.